The fourth-order valence-electron chi connectivity index (χ4n) is 7.96. The van der Waals surface area contributed by atoms with Crippen LogP contribution in [0.4, 0.5) is 17.1 Å². The first-order chi connectivity index (χ1) is 22.3. The lowest BCUT2D eigenvalue weighted by Gasteiger charge is -2.34. The van der Waals surface area contributed by atoms with Crippen molar-refractivity contribution in [3.63, 3.8) is 0 Å². The molecular formula is C44H37NO. The maximum atomic E-state index is 6.65. The van der Waals surface area contributed by atoms with Gasteiger partial charge in [0, 0.05) is 22.1 Å². The van der Waals surface area contributed by atoms with Crippen LogP contribution >= 0.6 is 0 Å². The van der Waals surface area contributed by atoms with Gasteiger partial charge in [0.05, 0.1) is 11.1 Å². The van der Waals surface area contributed by atoms with Crippen LogP contribution in [0.25, 0.3) is 33.1 Å². The van der Waals surface area contributed by atoms with Crippen molar-refractivity contribution < 1.29 is 4.42 Å². The van der Waals surface area contributed by atoms with E-state index < -0.39 is 5.41 Å². The number of nitrogens with zero attached hydrogens (tertiary/aromatic N) is 1. The quantitative estimate of drug-likeness (QED) is 0.197. The largest absolute Gasteiger partial charge is 0.454 e. The molecule has 0 fully saturated rings. The Bertz CT molecular complexity index is 2280. The van der Waals surface area contributed by atoms with Gasteiger partial charge >= 0.3 is 0 Å². The van der Waals surface area contributed by atoms with Gasteiger partial charge in [-0.2, -0.15) is 0 Å². The first kappa shape index (κ1) is 28.2. The van der Waals surface area contributed by atoms with Gasteiger partial charge < -0.3 is 9.32 Å². The van der Waals surface area contributed by atoms with Gasteiger partial charge in [-0.3, -0.25) is 0 Å². The normalized spacial score (nSPS) is 14.7. The number of anilines is 3. The van der Waals surface area contributed by atoms with Crippen molar-refractivity contribution >= 4 is 39.0 Å². The third-order valence-corrected chi connectivity index (χ3v) is 9.95. The molecule has 1 heterocycles. The number of hydrogen-bond acceptors (Lipinski definition) is 2. The van der Waals surface area contributed by atoms with E-state index in [1.54, 1.807) is 0 Å². The summed E-state index contributed by atoms with van der Waals surface area (Å²) >= 11 is 0. The molecule has 2 nitrogen and oxygen atoms in total. The number of furan rings is 1. The Morgan fingerprint density at radius 3 is 2.09 bits per heavy atom. The van der Waals surface area contributed by atoms with E-state index in [4.69, 9.17) is 4.42 Å². The smallest absolute Gasteiger partial charge is 0.159 e. The first-order valence-electron chi connectivity index (χ1n) is 16.0. The van der Waals surface area contributed by atoms with Crippen LogP contribution in [0.1, 0.15) is 43.0 Å². The van der Waals surface area contributed by atoms with E-state index >= 15 is 0 Å². The SMILES string of the molecule is C=CC1=CC=C(C=C)C12c1ccccc1-c1ccc(N(c3ccc(C)c(C(C)(C)C)c3)c3cccc4c3oc3ccccc34)cc12. The zero-order chi connectivity index (χ0) is 31.8. The van der Waals surface area contributed by atoms with Crippen LogP contribution in [0.15, 0.2) is 156 Å². The number of para-hydroxylation sites is 2. The molecule has 0 N–H and O–H groups in total. The number of fused-ring (bicyclic) bond motifs is 8. The molecule has 1 spiro atoms. The van der Waals surface area contributed by atoms with Gasteiger partial charge in [0.15, 0.2) is 5.58 Å². The summed E-state index contributed by atoms with van der Waals surface area (Å²) in [7, 11) is 0. The highest BCUT2D eigenvalue weighted by atomic mass is 16.3. The Balaban J connectivity index is 1.44. The van der Waals surface area contributed by atoms with E-state index in [1.807, 2.05) is 18.2 Å². The zero-order valence-corrected chi connectivity index (χ0v) is 26.9. The topological polar surface area (TPSA) is 16.4 Å². The van der Waals surface area contributed by atoms with Crippen molar-refractivity contribution in [3.8, 4) is 11.1 Å². The fourth-order valence-corrected chi connectivity index (χ4v) is 7.96. The summed E-state index contributed by atoms with van der Waals surface area (Å²) in [6.45, 7) is 17.6. The maximum Gasteiger partial charge on any atom is 0.159 e. The minimum Gasteiger partial charge on any atom is -0.454 e. The summed E-state index contributed by atoms with van der Waals surface area (Å²) in [4.78, 5) is 2.37. The summed E-state index contributed by atoms with van der Waals surface area (Å²) in [6, 6.07) is 37.3. The molecule has 0 aliphatic heterocycles. The molecule has 0 atom stereocenters. The van der Waals surface area contributed by atoms with Crippen molar-refractivity contribution in [2.24, 2.45) is 0 Å². The number of aryl methyl sites for hydroxylation is 1. The van der Waals surface area contributed by atoms with Gasteiger partial charge in [0.1, 0.15) is 5.58 Å². The zero-order valence-electron chi connectivity index (χ0n) is 26.9. The van der Waals surface area contributed by atoms with Crippen LogP contribution < -0.4 is 4.90 Å². The van der Waals surface area contributed by atoms with E-state index in [-0.39, 0.29) is 5.41 Å². The highest BCUT2D eigenvalue weighted by molar-refractivity contribution is 6.10. The minimum absolute atomic E-state index is 0.0159. The molecular weight excluding hydrogens is 558 g/mol. The second-order valence-corrected chi connectivity index (χ2v) is 13.5. The van der Waals surface area contributed by atoms with Crippen LogP contribution in [0.5, 0.6) is 0 Å². The van der Waals surface area contributed by atoms with E-state index in [9.17, 15) is 0 Å². The van der Waals surface area contributed by atoms with Crippen molar-refractivity contribution in [2.75, 3.05) is 4.90 Å². The molecule has 0 amide bonds. The molecule has 1 aromatic heterocycles. The summed E-state index contributed by atoms with van der Waals surface area (Å²) < 4.78 is 6.65. The van der Waals surface area contributed by atoms with E-state index in [0.717, 1.165) is 39.0 Å². The van der Waals surface area contributed by atoms with E-state index in [1.165, 1.54) is 44.5 Å². The Morgan fingerprint density at radius 2 is 1.33 bits per heavy atom. The second-order valence-electron chi connectivity index (χ2n) is 13.5. The van der Waals surface area contributed by atoms with Crippen LogP contribution in [-0.2, 0) is 10.8 Å². The Kier molecular flexibility index (Phi) is 6.17. The summed E-state index contributed by atoms with van der Waals surface area (Å²) in [5.74, 6) is 0. The maximum absolute atomic E-state index is 6.65. The Hall–Kier alpha value is -5.34. The lowest BCUT2D eigenvalue weighted by atomic mass is 9.69. The molecule has 0 radical (unpaired) electrons. The number of allylic oxidation sites excluding steroid dienone is 6. The number of hydrogen-bond donors (Lipinski definition) is 0. The molecule has 0 unspecified atom stereocenters. The summed E-state index contributed by atoms with van der Waals surface area (Å²) in [6.07, 6.45) is 8.41. The molecule has 2 aliphatic rings. The minimum atomic E-state index is -0.466. The molecule has 6 aromatic rings. The van der Waals surface area contributed by atoms with Crippen molar-refractivity contribution in [1.29, 1.82) is 0 Å². The third kappa shape index (κ3) is 3.83. The lowest BCUT2D eigenvalue weighted by Crippen LogP contribution is -2.27. The molecule has 0 bridgehead atoms. The van der Waals surface area contributed by atoms with Gasteiger partial charge in [0.25, 0.3) is 0 Å². The summed E-state index contributed by atoms with van der Waals surface area (Å²) in [5.41, 5.74) is 14.4. The highest BCUT2D eigenvalue weighted by Crippen LogP contribution is 2.60. The number of benzene rings is 5. The molecule has 0 saturated carbocycles. The molecule has 2 heteroatoms. The van der Waals surface area contributed by atoms with Gasteiger partial charge in [-0.25, -0.2) is 0 Å². The van der Waals surface area contributed by atoms with Gasteiger partial charge in [-0.05, 0) is 93.3 Å². The van der Waals surface area contributed by atoms with Gasteiger partial charge in [-0.15, -0.1) is 0 Å². The van der Waals surface area contributed by atoms with Crippen LogP contribution in [0.3, 0.4) is 0 Å². The average molecular weight is 596 g/mol. The monoisotopic (exact) mass is 595 g/mol. The first-order valence-corrected chi connectivity index (χ1v) is 16.0. The summed E-state index contributed by atoms with van der Waals surface area (Å²) in [5, 5.41) is 2.23. The van der Waals surface area contributed by atoms with Crippen molar-refractivity contribution in [1.82, 2.24) is 0 Å². The Morgan fingerprint density at radius 1 is 0.674 bits per heavy atom. The fraction of sp³-hybridized carbons (Fsp3) is 0.136. The molecule has 2 aliphatic carbocycles. The van der Waals surface area contributed by atoms with E-state index in [2.05, 4.69) is 155 Å². The van der Waals surface area contributed by atoms with Gasteiger partial charge in [0.2, 0.25) is 0 Å². The Labute approximate surface area is 271 Å². The van der Waals surface area contributed by atoms with Crippen molar-refractivity contribution in [2.45, 2.75) is 38.5 Å². The predicted molar refractivity (Wildman–Crippen MR) is 195 cm³/mol. The third-order valence-electron chi connectivity index (χ3n) is 9.95. The lowest BCUT2D eigenvalue weighted by molar-refractivity contribution is 0.586. The average Bonchev–Trinajstić information content (AvgIpc) is 3.72. The molecule has 224 valence electrons. The van der Waals surface area contributed by atoms with Crippen LogP contribution in [0.2, 0.25) is 0 Å². The predicted octanol–water partition coefficient (Wildman–Crippen LogP) is 12.2. The second kappa shape index (κ2) is 10.1. The highest BCUT2D eigenvalue weighted by Gasteiger charge is 2.48. The number of rotatable bonds is 5. The van der Waals surface area contributed by atoms with Gasteiger partial charge in [-0.1, -0.05) is 125 Å². The van der Waals surface area contributed by atoms with Crippen molar-refractivity contribution in [3.05, 3.63) is 174 Å². The van der Waals surface area contributed by atoms with Crippen LogP contribution in [0, 0.1) is 6.92 Å². The molecule has 8 rings (SSSR count). The molecule has 0 saturated heterocycles. The molecule has 5 aromatic carbocycles. The van der Waals surface area contributed by atoms with E-state index in [0.29, 0.717) is 0 Å². The molecule has 46 heavy (non-hydrogen) atoms. The standard InChI is InChI=1S/C44H37NO/c1-7-29-21-22-30(8-2)44(29)37-17-11-9-14-33(37)34-25-24-32(27-39(34)44)45(31-23-20-28(3)38(26-31)43(4,5)6)40-18-13-16-36-35-15-10-12-19-41(35)46-42(36)40/h7-27H,1-2H2,3-6H3. The van der Waals surface area contributed by atoms with Crippen LogP contribution in [-0.4, -0.2) is 0 Å².